The quantitative estimate of drug-likeness (QED) is 0.822. The van der Waals surface area contributed by atoms with Gasteiger partial charge in [-0.1, -0.05) is 0 Å². The molecule has 0 spiro atoms. The average molecular weight is 336 g/mol. The van der Waals surface area contributed by atoms with Gasteiger partial charge in [0.25, 0.3) is 0 Å². The molecule has 0 radical (unpaired) electrons. The largest absolute Gasteiger partial charge is 0.378 e. The fourth-order valence-corrected chi connectivity index (χ4v) is 3.73. The van der Waals surface area contributed by atoms with E-state index in [1.807, 2.05) is 24.0 Å². The lowest BCUT2D eigenvalue weighted by atomic mass is 10.2. The van der Waals surface area contributed by atoms with Crippen molar-refractivity contribution in [2.24, 2.45) is 0 Å². The van der Waals surface area contributed by atoms with E-state index in [1.165, 1.54) is 0 Å². The van der Waals surface area contributed by atoms with Crippen LogP contribution in [0, 0.1) is 0 Å². The van der Waals surface area contributed by atoms with Crippen LogP contribution in [-0.4, -0.2) is 61.3 Å². The number of nitrogens with one attached hydrogen (secondary N) is 2. The van der Waals surface area contributed by atoms with E-state index < -0.39 is 0 Å². The molecule has 1 aromatic rings. The first-order valence-electron chi connectivity index (χ1n) is 8.17. The third-order valence-corrected chi connectivity index (χ3v) is 5.20. The van der Waals surface area contributed by atoms with Gasteiger partial charge in [0.05, 0.1) is 13.2 Å². The van der Waals surface area contributed by atoms with Gasteiger partial charge < -0.3 is 20.3 Å². The van der Waals surface area contributed by atoms with Crippen LogP contribution < -0.4 is 15.5 Å². The van der Waals surface area contributed by atoms with Gasteiger partial charge in [-0.15, -0.1) is 0 Å². The molecule has 0 saturated carbocycles. The maximum Gasteiger partial charge on any atom is 0.221 e. The number of pyridine rings is 1. The number of carbonyl (C=O) groups is 1. The molecule has 0 aliphatic carbocycles. The number of anilines is 1. The third kappa shape index (κ3) is 5.09. The molecular formula is C16H24N4O2S. The van der Waals surface area contributed by atoms with Gasteiger partial charge in [-0.3, -0.25) is 4.79 Å². The van der Waals surface area contributed by atoms with E-state index >= 15 is 0 Å². The van der Waals surface area contributed by atoms with Crippen molar-refractivity contribution < 1.29 is 9.53 Å². The zero-order valence-electron chi connectivity index (χ0n) is 13.3. The summed E-state index contributed by atoms with van der Waals surface area (Å²) in [4.78, 5) is 18.7. The standard InChI is InChI=1S/C16H24N4O2S/c21-16(10-14-12-23-8-3-17-14)19-11-13-1-2-18-15(9-13)20-4-6-22-7-5-20/h1-2,9,14,17H,3-8,10-12H2,(H,19,21). The minimum absolute atomic E-state index is 0.106. The molecule has 7 heteroatoms. The summed E-state index contributed by atoms with van der Waals surface area (Å²) in [7, 11) is 0. The highest BCUT2D eigenvalue weighted by molar-refractivity contribution is 7.99. The Kier molecular flexibility index (Phi) is 6.13. The number of rotatable bonds is 5. The van der Waals surface area contributed by atoms with Crippen LogP contribution in [0.2, 0.25) is 0 Å². The van der Waals surface area contributed by atoms with Crippen LogP contribution in [0.1, 0.15) is 12.0 Å². The Labute approximate surface area is 141 Å². The number of ether oxygens (including phenoxy) is 1. The van der Waals surface area contributed by atoms with Crippen molar-refractivity contribution in [3.63, 3.8) is 0 Å². The highest BCUT2D eigenvalue weighted by Gasteiger charge is 2.17. The van der Waals surface area contributed by atoms with Crippen molar-refractivity contribution in [1.82, 2.24) is 15.6 Å². The van der Waals surface area contributed by atoms with E-state index in [-0.39, 0.29) is 5.91 Å². The predicted molar refractivity (Wildman–Crippen MR) is 92.8 cm³/mol. The molecule has 23 heavy (non-hydrogen) atoms. The second-order valence-corrected chi connectivity index (χ2v) is 6.98. The van der Waals surface area contributed by atoms with Gasteiger partial charge in [0, 0.05) is 56.3 Å². The van der Waals surface area contributed by atoms with E-state index in [1.54, 1.807) is 0 Å². The molecule has 2 N–H and O–H groups in total. The van der Waals surface area contributed by atoms with E-state index in [4.69, 9.17) is 4.74 Å². The molecule has 3 rings (SSSR count). The van der Waals surface area contributed by atoms with Crippen molar-refractivity contribution in [2.75, 3.05) is 49.3 Å². The number of carbonyl (C=O) groups excluding carboxylic acids is 1. The maximum absolute atomic E-state index is 12.1. The van der Waals surface area contributed by atoms with Gasteiger partial charge in [0.1, 0.15) is 5.82 Å². The second kappa shape index (κ2) is 8.52. The molecule has 2 fully saturated rings. The van der Waals surface area contributed by atoms with Crippen LogP contribution in [0.4, 0.5) is 5.82 Å². The summed E-state index contributed by atoms with van der Waals surface area (Å²) in [6, 6.07) is 4.31. The van der Waals surface area contributed by atoms with Crippen LogP contribution in [0.3, 0.4) is 0 Å². The number of hydrogen-bond donors (Lipinski definition) is 2. The maximum atomic E-state index is 12.1. The van der Waals surface area contributed by atoms with Crippen molar-refractivity contribution in [2.45, 2.75) is 19.0 Å². The van der Waals surface area contributed by atoms with Crippen LogP contribution >= 0.6 is 11.8 Å². The summed E-state index contributed by atoms with van der Waals surface area (Å²) in [5, 5.41) is 6.41. The van der Waals surface area contributed by atoms with Crippen LogP contribution in [0.15, 0.2) is 18.3 Å². The Morgan fingerprint density at radius 3 is 3.13 bits per heavy atom. The predicted octanol–water partition coefficient (Wildman–Crippen LogP) is 0.630. The number of amides is 1. The van der Waals surface area contributed by atoms with Gasteiger partial charge in [-0.05, 0) is 17.7 Å². The summed E-state index contributed by atoms with van der Waals surface area (Å²) < 4.78 is 5.37. The van der Waals surface area contributed by atoms with Crippen molar-refractivity contribution in [1.29, 1.82) is 0 Å². The molecule has 2 saturated heterocycles. The van der Waals surface area contributed by atoms with Gasteiger partial charge in [0.15, 0.2) is 0 Å². The van der Waals surface area contributed by atoms with Crippen molar-refractivity contribution in [3.8, 4) is 0 Å². The van der Waals surface area contributed by atoms with E-state index in [0.717, 1.165) is 55.7 Å². The number of nitrogens with zero attached hydrogens (tertiary/aromatic N) is 2. The summed E-state index contributed by atoms with van der Waals surface area (Å²) in [6.07, 6.45) is 2.36. The SMILES string of the molecule is O=C(CC1CSCCN1)NCc1ccnc(N2CCOCC2)c1. The lowest BCUT2D eigenvalue weighted by Gasteiger charge is -2.28. The molecule has 6 nitrogen and oxygen atoms in total. The summed E-state index contributed by atoms with van der Waals surface area (Å²) in [6.45, 7) is 4.78. The highest BCUT2D eigenvalue weighted by Crippen LogP contribution is 2.14. The Bertz CT molecular complexity index is 517. The third-order valence-electron chi connectivity index (χ3n) is 4.06. The Hall–Kier alpha value is -1.31. The highest BCUT2D eigenvalue weighted by atomic mass is 32.2. The summed E-state index contributed by atoms with van der Waals surface area (Å²) >= 11 is 1.91. The fourth-order valence-electron chi connectivity index (χ4n) is 2.78. The lowest BCUT2D eigenvalue weighted by molar-refractivity contribution is -0.121. The van der Waals surface area contributed by atoms with Gasteiger partial charge in [-0.2, -0.15) is 11.8 Å². The average Bonchev–Trinajstić information content (AvgIpc) is 2.62. The first-order valence-corrected chi connectivity index (χ1v) is 9.32. The molecule has 1 aromatic heterocycles. The van der Waals surface area contributed by atoms with Gasteiger partial charge in [-0.25, -0.2) is 4.98 Å². The summed E-state index contributed by atoms with van der Waals surface area (Å²) in [5.41, 5.74) is 1.08. The number of thioether (sulfide) groups is 1. The molecule has 3 heterocycles. The molecular weight excluding hydrogens is 312 g/mol. The Balaban J connectivity index is 1.48. The molecule has 0 bridgehead atoms. The van der Waals surface area contributed by atoms with Crippen LogP contribution in [-0.2, 0) is 16.1 Å². The number of hydrogen-bond acceptors (Lipinski definition) is 6. The molecule has 1 unspecified atom stereocenters. The normalized spacial score (nSPS) is 21.9. The second-order valence-electron chi connectivity index (χ2n) is 5.83. The Morgan fingerprint density at radius 2 is 2.35 bits per heavy atom. The van der Waals surface area contributed by atoms with Crippen LogP contribution in [0.25, 0.3) is 0 Å². The minimum atomic E-state index is 0.106. The molecule has 0 aromatic carbocycles. The van der Waals surface area contributed by atoms with E-state index in [9.17, 15) is 4.79 Å². The van der Waals surface area contributed by atoms with Crippen molar-refractivity contribution in [3.05, 3.63) is 23.9 Å². The molecule has 126 valence electrons. The van der Waals surface area contributed by atoms with Crippen LogP contribution in [0.5, 0.6) is 0 Å². The minimum Gasteiger partial charge on any atom is -0.378 e. The monoisotopic (exact) mass is 336 g/mol. The smallest absolute Gasteiger partial charge is 0.221 e. The molecule has 2 aliphatic rings. The van der Waals surface area contributed by atoms with Crippen molar-refractivity contribution >= 4 is 23.5 Å². The zero-order chi connectivity index (χ0) is 15.9. The molecule has 1 atom stereocenters. The van der Waals surface area contributed by atoms with Gasteiger partial charge in [0.2, 0.25) is 5.91 Å². The number of morpholine rings is 1. The first-order chi connectivity index (χ1) is 11.3. The summed E-state index contributed by atoms with van der Waals surface area (Å²) in [5.74, 6) is 3.23. The molecule has 1 amide bonds. The molecule has 2 aliphatic heterocycles. The fraction of sp³-hybridized carbons (Fsp3) is 0.625. The van der Waals surface area contributed by atoms with E-state index in [0.29, 0.717) is 19.0 Å². The van der Waals surface area contributed by atoms with Gasteiger partial charge >= 0.3 is 0 Å². The Morgan fingerprint density at radius 1 is 1.48 bits per heavy atom. The lowest BCUT2D eigenvalue weighted by Crippen LogP contribution is -2.41. The topological polar surface area (TPSA) is 66.5 Å². The number of aromatic nitrogens is 1. The van der Waals surface area contributed by atoms with E-state index in [2.05, 4.69) is 26.6 Å². The first kappa shape index (κ1) is 16.5. The zero-order valence-corrected chi connectivity index (χ0v) is 14.1.